The summed E-state index contributed by atoms with van der Waals surface area (Å²) in [4.78, 5) is 9.77. The largest absolute Gasteiger partial charge is 0.256 e. The highest BCUT2D eigenvalue weighted by molar-refractivity contribution is 14.1. The quantitative estimate of drug-likeness (QED) is 0.241. The molecule has 5 rings (SSSR count). The van der Waals surface area contributed by atoms with Crippen LogP contribution >= 0.6 is 22.6 Å². The lowest BCUT2D eigenvalue weighted by molar-refractivity contribution is 0.441. The van der Waals surface area contributed by atoms with Crippen molar-refractivity contribution in [2.75, 3.05) is 0 Å². The van der Waals surface area contributed by atoms with E-state index in [1.165, 1.54) is 22.3 Å². The fourth-order valence-electron chi connectivity index (χ4n) is 4.95. The molecule has 3 aromatic carbocycles. The second-order valence-electron chi connectivity index (χ2n) is 7.44. The molecule has 1 heterocycles. The average molecular weight is 488 g/mol. The summed E-state index contributed by atoms with van der Waals surface area (Å²) in [5, 5.41) is 0. The van der Waals surface area contributed by atoms with Crippen molar-refractivity contribution in [1.82, 2.24) is 9.97 Å². The normalized spacial score (nSPS) is 19.2. The first-order valence-corrected chi connectivity index (χ1v) is 11.0. The Balaban J connectivity index is 1.97. The van der Waals surface area contributed by atoms with Crippen LogP contribution in [-0.4, -0.2) is 9.97 Å². The van der Waals surface area contributed by atoms with E-state index in [9.17, 15) is 0 Å². The molecule has 1 aliphatic carbocycles. The lowest BCUT2D eigenvalue weighted by Gasteiger charge is -2.46. The molecule has 0 spiro atoms. The van der Waals surface area contributed by atoms with Crippen molar-refractivity contribution < 1.29 is 0 Å². The Morgan fingerprint density at radius 3 is 2.14 bits per heavy atom. The zero-order valence-electron chi connectivity index (χ0n) is 16.2. The van der Waals surface area contributed by atoms with Gasteiger partial charge in [-0.05, 0) is 23.1 Å². The number of nitrogens with zero attached hydrogens (tertiary/aromatic N) is 2. The highest BCUT2D eigenvalue weighted by atomic mass is 127. The maximum atomic E-state index is 4.98. The fourth-order valence-corrected chi connectivity index (χ4v) is 6.17. The SMILES string of the molecule is CC[C@@](I)(c1ccccc1)C1(c2ccccc2)c2ccccc2-c2nccnc21. The summed E-state index contributed by atoms with van der Waals surface area (Å²) in [7, 11) is 0. The molecule has 3 heteroatoms. The van der Waals surface area contributed by atoms with Crippen molar-refractivity contribution in [2.24, 2.45) is 0 Å². The van der Waals surface area contributed by atoms with Gasteiger partial charge >= 0.3 is 0 Å². The summed E-state index contributed by atoms with van der Waals surface area (Å²) >= 11 is 2.69. The van der Waals surface area contributed by atoms with Gasteiger partial charge in [0.2, 0.25) is 0 Å². The number of alkyl halides is 1. The van der Waals surface area contributed by atoms with E-state index >= 15 is 0 Å². The third kappa shape index (κ3) is 2.46. The molecule has 142 valence electrons. The minimum Gasteiger partial charge on any atom is -0.256 e. The van der Waals surface area contributed by atoms with E-state index in [-0.39, 0.29) is 3.42 Å². The second kappa shape index (κ2) is 7.06. The Kier molecular flexibility index (Phi) is 4.50. The molecule has 2 nitrogen and oxygen atoms in total. The summed E-state index contributed by atoms with van der Waals surface area (Å²) in [6.07, 6.45) is 4.59. The second-order valence-corrected chi connectivity index (χ2v) is 9.28. The van der Waals surface area contributed by atoms with Crippen molar-refractivity contribution in [3.8, 4) is 11.3 Å². The number of halogens is 1. The van der Waals surface area contributed by atoms with Crippen molar-refractivity contribution >= 4 is 22.6 Å². The molecule has 0 bridgehead atoms. The van der Waals surface area contributed by atoms with Gasteiger partial charge in [-0.2, -0.15) is 0 Å². The molecule has 0 N–H and O–H groups in total. The van der Waals surface area contributed by atoms with Crippen LogP contribution in [0, 0.1) is 0 Å². The van der Waals surface area contributed by atoms with Crippen LogP contribution in [0.25, 0.3) is 11.3 Å². The van der Waals surface area contributed by atoms with Gasteiger partial charge in [0.05, 0.1) is 20.2 Å². The third-order valence-corrected chi connectivity index (χ3v) is 8.35. The van der Waals surface area contributed by atoms with Crippen molar-refractivity contribution in [2.45, 2.75) is 22.2 Å². The van der Waals surface area contributed by atoms with Crippen LogP contribution < -0.4 is 0 Å². The van der Waals surface area contributed by atoms with Gasteiger partial charge in [-0.15, -0.1) is 0 Å². The van der Waals surface area contributed by atoms with Crippen molar-refractivity contribution in [3.63, 3.8) is 0 Å². The van der Waals surface area contributed by atoms with E-state index in [4.69, 9.17) is 9.97 Å². The van der Waals surface area contributed by atoms with Gasteiger partial charge < -0.3 is 0 Å². The number of benzene rings is 3. The van der Waals surface area contributed by atoms with E-state index in [1.807, 2.05) is 6.20 Å². The van der Waals surface area contributed by atoms with Gasteiger partial charge in [-0.1, -0.05) is 114 Å². The molecule has 4 aromatic rings. The number of hydrogen-bond donors (Lipinski definition) is 0. The lowest BCUT2D eigenvalue weighted by Crippen LogP contribution is -2.46. The molecule has 0 fully saturated rings. The van der Waals surface area contributed by atoms with Gasteiger partial charge in [-0.3, -0.25) is 9.97 Å². The van der Waals surface area contributed by atoms with Crippen LogP contribution in [0.15, 0.2) is 97.3 Å². The molecule has 29 heavy (non-hydrogen) atoms. The highest BCUT2D eigenvalue weighted by Gasteiger charge is 2.59. The Morgan fingerprint density at radius 1 is 0.793 bits per heavy atom. The molecule has 1 unspecified atom stereocenters. The molecule has 2 atom stereocenters. The minimum absolute atomic E-state index is 0.231. The molecule has 0 aliphatic heterocycles. The van der Waals surface area contributed by atoms with E-state index in [0.29, 0.717) is 0 Å². The van der Waals surface area contributed by atoms with E-state index in [1.54, 1.807) is 6.20 Å². The third-order valence-electron chi connectivity index (χ3n) is 6.16. The average Bonchev–Trinajstić information content (AvgIpc) is 3.11. The summed E-state index contributed by atoms with van der Waals surface area (Å²) in [5.41, 5.74) is 6.65. The van der Waals surface area contributed by atoms with Crippen LogP contribution in [0.3, 0.4) is 0 Å². The molecular weight excluding hydrogens is 467 g/mol. The predicted octanol–water partition coefficient (Wildman–Crippen LogP) is 6.53. The summed E-state index contributed by atoms with van der Waals surface area (Å²) in [6, 6.07) is 30.4. The smallest absolute Gasteiger partial charge is 0.0934 e. The van der Waals surface area contributed by atoms with Crippen molar-refractivity contribution in [1.29, 1.82) is 0 Å². The molecule has 1 aromatic heterocycles. The minimum atomic E-state index is -0.425. The fraction of sp³-hybridized carbons (Fsp3) is 0.154. The van der Waals surface area contributed by atoms with Gasteiger partial charge in [0.25, 0.3) is 0 Å². The van der Waals surface area contributed by atoms with E-state index < -0.39 is 5.41 Å². The van der Waals surface area contributed by atoms with Gasteiger partial charge in [-0.25, -0.2) is 0 Å². The molecule has 1 aliphatic rings. The van der Waals surface area contributed by atoms with Crippen LogP contribution in [-0.2, 0) is 8.84 Å². The summed E-state index contributed by atoms with van der Waals surface area (Å²) in [5.74, 6) is 0. The molecule has 0 saturated carbocycles. The number of aromatic nitrogens is 2. The van der Waals surface area contributed by atoms with Gasteiger partial charge in [0.1, 0.15) is 0 Å². The Hall–Kier alpha value is -2.53. The summed E-state index contributed by atoms with van der Waals surface area (Å²) in [6.45, 7) is 2.28. The Morgan fingerprint density at radius 2 is 1.41 bits per heavy atom. The van der Waals surface area contributed by atoms with E-state index in [2.05, 4.69) is 114 Å². The van der Waals surface area contributed by atoms with Crippen LogP contribution in [0.2, 0.25) is 0 Å². The predicted molar refractivity (Wildman–Crippen MR) is 126 cm³/mol. The summed E-state index contributed by atoms with van der Waals surface area (Å²) < 4.78 is -0.231. The first-order chi connectivity index (χ1) is 14.2. The van der Waals surface area contributed by atoms with E-state index in [0.717, 1.165) is 17.8 Å². The monoisotopic (exact) mass is 488 g/mol. The standard InChI is InChI=1S/C26H21IN2/c1-2-25(27,19-11-5-3-6-12-19)26(20-13-7-4-8-14-20)22-16-10-9-15-21(22)23-24(26)29-18-17-28-23/h3-18H,2H2,1H3/t25-,26?/m1/s1. The number of hydrogen-bond acceptors (Lipinski definition) is 2. The molecular formula is C26H21IN2. The Labute approximate surface area is 185 Å². The first kappa shape index (κ1) is 18.5. The Bertz CT molecular complexity index is 1110. The highest BCUT2D eigenvalue weighted by Crippen LogP contribution is 2.63. The van der Waals surface area contributed by atoms with Gasteiger partial charge in [0, 0.05) is 18.0 Å². The zero-order valence-corrected chi connectivity index (χ0v) is 18.4. The van der Waals surface area contributed by atoms with Crippen LogP contribution in [0.4, 0.5) is 0 Å². The molecule has 0 amide bonds. The maximum Gasteiger partial charge on any atom is 0.0934 e. The molecule has 0 saturated heterocycles. The molecule has 0 radical (unpaired) electrons. The number of rotatable bonds is 4. The zero-order chi connectivity index (χ0) is 19.9. The van der Waals surface area contributed by atoms with Crippen molar-refractivity contribution in [3.05, 3.63) is 120 Å². The van der Waals surface area contributed by atoms with Gasteiger partial charge in [0.15, 0.2) is 0 Å². The maximum absolute atomic E-state index is 4.98. The lowest BCUT2D eigenvalue weighted by atomic mass is 9.62. The number of fused-ring (bicyclic) bond motifs is 3. The van der Waals surface area contributed by atoms with Crippen LogP contribution in [0.5, 0.6) is 0 Å². The topological polar surface area (TPSA) is 25.8 Å². The van der Waals surface area contributed by atoms with Crippen LogP contribution in [0.1, 0.15) is 35.7 Å². The first-order valence-electron chi connectivity index (χ1n) is 9.95.